The molecule has 5 nitrogen and oxygen atoms in total. The lowest BCUT2D eigenvalue weighted by atomic mass is 10.1. The van der Waals surface area contributed by atoms with Crippen molar-refractivity contribution in [1.82, 2.24) is 14.5 Å². The van der Waals surface area contributed by atoms with Crippen LogP contribution in [-0.2, 0) is 11.3 Å². The summed E-state index contributed by atoms with van der Waals surface area (Å²) in [5.41, 5.74) is 1.66. The van der Waals surface area contributed by atoms with E-state index in [4.69, 9.17) is 0 Å². The van der Waals surface area contributed by atoms with Crippen LogP contribution in [0.1, 0.15) is 31.5 Å². The first-order chi connectivity index (χ1) is 12.6. The largest absolute Gasteiger partial charge is 0.338 e. The minimum Gasteiger partial charge on any atom is -0.338 e. The van der Waals surface area contributed by atoms with E-state index >= 15 is 0 Å². The first-order valence-corrected chi connectivity index (χ1v) is 8.95. The molecule has 0 radical (unpaired) electrons. The van der Waals surface area contributed by atoms with E-state index in [0.29, 0.717) is 5.39 Å². The summed E-state index contributed by atoms with van der Waals surface area (Å²) >= 11 is 0. The molecule has 26 heavy (non-hydrogen) atoms. The van der Waals surface area contributed by atoms with Gasteiger partial charge in [-0.05, 0) is 44.0 Å². The molecule has 1 saturated carbocycles. The number of rotatable bonds is 5. The molecule has 1 fully saturated rings. The number of benzene rings is 1. The molecule has 1 aromatic carbocycles. The molecule has 0 saturated heterocycles. The van der Waals surface area contributed by atoms with E-state index < -0.39 is 0 Å². The number of carbonyl (C=O) groups excluding carboxylic acids is 1. The number of amides is 1. The lowest BCUT2D eigenvalue weighted by Crippen LogP contribution is -2.38. The van der Waals surface area contributed by atoms with Crippen LogP contribution in [0.3, 0.4) is 0 Å². The molecule has 1 aliphatic carbocycles. The highest BCUT2D eigenvalue weighted by molar-refractivity contribution is 5.82. The van der Waals surface area contributed by atoms with Gasteiger partial charge in [0.1, 0.15) is 6.54 Å². The van der Waals surface area contributed by atoms with Gasteiger partial charge in [0.25, 0.3) is 0 Å². The number of aromatic nitrogens is 2. The fourth-order valence-electron chi connectivity index (χ4n) is 3.48. The molecule has 1 amide bonds. The molecule has 132 valence electrons. The third kappa shape index (κ3) is 3.12. The van der Waals surface area contributed by atoms with E-state index in [1.165, 1.54) is 6.07 Å². The maximum absolute atomic E-state index is 13.1. The van der Waals surface area contributed by atoms with Gasteiger partial charge in [-0.15, -0.1) is 0 Å². The van der Waals surface area contributed by atoms with Crippen molar-refractivity contribution in [3.8, 4) is 0 Å². The normalized spacial score (nSPS) is 15.0. The first kappa shape index (κ1) is 16.5. The van der Waals surface area contributed by atoms with Crippen molar-refractivity contribution in [1.29, 1.82) is 0 Å². The lowest BCUT2D eigenvalue weighted by molar-refractivity contribution is -0.134. The molecule has 3 aromatic rings. The number of nitrogens with zero attached hydrogens (tertiary/aromatic N) is 3. The molecule has 1 atom stereocenters. The van der Waals surface area contributed by atoms with Gasteiger partial charge < -0.3 is 9.47 Å². The third-order valence-corrected chi connectivity index (χ3v) is 4.95. The standard InChI is InChI=1S/C21H21N3O2/c1-15(18-7-4-5-12-22-18)24(16-9-10-16)21(26)14-23-13-11-20(25)17-6-2-3-8-19(17)23/h2-8,11-13,15-16H,9-10,14H2,1H3/t15-/m1/s1. The minimum atomic E-state index is -0.0677. The summed E-state index contributed by atoms with van der Waals surface area (Å²) < 4.78 is 1.86. The van der Waals surface area contributed by atoms with Gasteiger partial charge in [0.2, 0.25) is 5.91 Å². The van der Waals surface area contributed by atoms with Gasteiger partial charge in [-0.25, -0.2) is 0 Å². The highest BCUT2D eigenvalue weighted by atomic mass is 16.2. The molecule has 0 spiro atoms. The first-order valence-electron chi connectivity index (χ1n) is 8.95. The Hall–Kier alpha value is -2.95. The van der Waals surface area contributed by atoms with E-state index in [9.17, 15) is 9.59 Å². The number of hydrogen-bond acceptors (Lipinski definition) is 3. The molecule has 1 aliphatic rings. The Morgan fingerprint density at radius 1 is 1.19 bits per heavy atom. The molecule has 4 rings (SSSR count). The number of carbonyl (C=O) groups is 1. The van der Waals surface area contributed by atoms with Crippen molar-refractivity contribution in [3.05, 3.63) is 76.8 Å². The minimum absolute atomic E-state index is 0.0230. The SMILES string of the molecule is C[C@H](c1ccccn1)N(C(=O)Cn1ccc(=O)c2ccccc21)C1CC1. The summed E-state index contributed by atoms with van der Waals surface area (Å²) in [7, 11) is 0. The van der Waals surface area contributed by atoms with Crippen LogP contribution >= 0.6 is 0 Å². The maximum Gasteiger partial charge on any atom is 0.243 e. The second-order valence-corrected chi connectivity index (χ2v) is 6.79. The number of fused-ring (bicyclic) bond motifs is 1. The van der Waals surface area contributed by atoms with Gasteiger partial charge in [0, 0.05) is 29.9 Å². The van der Waals surface area contributed by atoms with Gasteiger partial charge in [0.15, 0.2) is 5.43 Å². The molecular weight excluding hydrogens is 326 g/mol. The molecule has 0 aliphatic heterocycles. The molecule has 2 heterocycles. The average Bonchev–Trinajstić information content (AvgIpc) is 3.50. The van der Waals surface area contributed by atoms with Crippen LogP contribution in [0.2, 0.25) is 0 Å². The maximum atomic E-state index is 13.1. The zero-order valence-corrected chi connectivity index (χ0v) is 14.7. The Bertz CT molecular complexity index is 993. The Labute approximate surface area is 151 Å². The summed E-state index contributed by atoms with van der Waals surface area (Å²) in [4.78, 5) is 31.6. The zero-order valence-electron chi connectivity index (χ0n) is 14.7. The zero-order chi connectivity index (χ0) is 18.1. The molecular formula is C21H21N3O2. The summed E-state index contributed by atoms with van der Waals surface area (Å²) in [5, 5.41) is 0.638. The van der Waals surface area contributed by atoms with Gasteiger partial charge in [-0.1, -0.05) is 18.2 Å². The fourth-order valence-corrected chi connectivity index (χ4v) is 3.48. The van der Waals surface area contributed by atoms with Crippen LogP contribution in [0.15, 0.2) is 65.7 Å². The summed E-state index contributed by atoms with van der Waals surface area (Å²) in [6, 6.07) is 14.9. The predicted octanol–water partition coefficient (Wildman–Crippen LogP) is 3.15. The van der Waals surface area contributed by atoms with Gasteiger partial charge in [-0.2, -0.15) is 0 Å². The Morgan fingerprint density at radius 3 is 2.69 bits per heavy atom. The van der Waals surface area contributed by atoms with Gasteiger partial charge in [0.05, 0.1) is 17.3 Å². The topological polar surface area (TPSA) is 55.2 Å². The lowest BCUT2D eigenvalue weighted by Gasteiger charge is -2.29. The van der Waals surface area contributed by atoms with E-state index in [2.05, 4.69) is 4.98 Å². The van der Waals surface area contributed by atoms with E-state index in [-0.39, 0.29) is 30.0 Å². The van der Waals surface area contributed by atoms with Crippen LogP contribution in [0.25, 0.3) is 10.9 Å². The smallest absolute Gasteiger partial charge is 0.243 e. The molecule has 5 heteroatoms. The van der Waals surface area contributed by atoms with Crippen molar-refractivity contribution in [3.63, 3.8) is 0 Å². The summed E-state index contributed by atoms with van der Waals surface area (Å²) in [5.74, 6) is 0.0551. The second-order valence-electron chi connectivity index (χ2n) is 6.79. The molecule has 0 N–H and O–H groups in total. The van der Waals surface area contributed by atoms with Crippen molar-refractivity contribution < 1.29 is 4.79 Å². The van der Waals surface area contributed by atoms with Gasteiger partial charge >= 0.3 is 0 Å². The van der Waals surface area contributed by atoms with E-state index in [0.717, 1.165) is 24.1 Å². The number of para-hydroxylation sites is 1. The van der Waals surface area contributed by atoms with Crippen molar-refractivity contribution in [2.45, 2.75) is 38.4 Å². The highest BCUT2D eigenvalue weighted by Crippen LogP contribution is 2.34. The number of pyridine rings is 2. The predicted molar refractivity (Wildman–Crippen MR) is 101 cm³/mol. The summed E-state index contributed by atoms with van der Waals surface area (Å²) in [6.07, 6.45) is 5.54. The molecule has 2 aromatic heterocycles. The van der Waals surface area contributed by atoms with Crippen molar-refractivity contribution in [2.24, 2.45) is 0 Å². The van der Waals surface area contributed by atoms with Crippen LogP contribution in [0.4, 0.5) is 0 Å². The quantitative estimate of drug-likeness (QED) is 0.712. The highest BCUT2D eigenvalue weighted by Gasteiger charge is 2.36. The molecule has 0 bridgehead atoms. The van der Waals surface area contributed by atoms with Crippen LogP contribution < -0.4 is 5.43 Å². The summed E-state index contributed by atoms with van der Waals surface area (Å²) in [6.45, 7) is 2.25. The fraction of sp³-hybridized carbons (Fsp3) is 0.286. The van der Waals surface area contributed by atoms with Crippen LogP contribution in [0, 0.1) is 0 Å². The average molecular weight is 347 g/mol. The van der Waals surface area contributed by atoms with Crippen molar-refractivity contribution >= 4 is 16.8 Å². The van der Waals surface area contributed by atoms with Crippen LogP contribution in [0.5, 0.6) is 0 Å². The molecule has 0 unspecified atom stereocenters. The Morgan fingerprint density at radius 2 is 1.96 bits per heavy atom. The van der Waals surface area contributed by atoms with Crippen LogP contribution in [-0.4, -0.2) is 26.4 Å². The third-order valence-electron chi connectivity index (χ3n) is 4.95. The van der Waals surface area contributed by atoms with E-state index in [1.54, 1.807) is 18.5 Å². The monoisotopic (exact) mass is 347 g/mol. The van der Waals surface area contributed by atoms with E-state index in [1.807, 2.05) is 52.8 Å². The van der Waals surface area contributed by atoms with Gasteiger partial charge in [-0.3, -0.25) is 14.6 Å². The van der Waals surface area contributed by atoms with Crippen molar-refractivity contribution in [2.75, 3.05) is 0 Å². The Kier molecular flexibility index (Phi) is 4.29. The number of hydrogen-bond donors (Lipinski definition) is 0. The Balaban J connectivity index is 1.64. The second kappa shape index (κ2) is 6.75.